The first-order valence-electron chi connectivity index (χ1n) is 18.1. The predicted octanol–water partition coefficient (Wildman–Crippen LogP) is -3.63. The van der Waals surface area contributed by atoms with Crippen LogP contribution in [-0.2, 0) is 35.2 Å². The minimum Gasteiger partial charge on any atom is -0.447 e. The first-order chi connectivity index (χ1) is 26.6. The smallest absolute Gasteiger partial charge is 0.409 e. The number of nitrogens with zero attached hydrogens (tertiary/aromatic N) is 4. The number of nitrogens with one attached hydrogen (secondary N) is 5. The molecule has 3 rings (SSSR count). The number of amides is 5. The molecule has 2 aromatic heterocycles. The van der Waals surface area contributed by atoms with Crippen molar-refractivity contribution in [3.05, 3.63) is 33.5 Å². The Kier molecular flexibility index (Phi) is 17.0. The number of H-pyrrole nitrogens is 1. The minimum atomic E-state index is -1.70. The molecule has 0 spiro atoms. The number of carbonyl (C=O) groups is 5. The van der Waals surface area contributed by atoms with Crippen LogP contribution >= 0.6 is 0 Å². The van der Waals surface area contributed by atoms with E-state index in [9.17, 15) is 43.8 Å². The number of hydrogen-bond acceptors (Lipinski definition) is 15. The van der Waals surface area contributed by atoms with E-state index in [1.54, 1.807) is 13.8 Å². The van der Waals surface area contributed by atoms with Crippen LogP contribution in [0.15, 0.2) is 22.2 Å². The molecule has 1 unspecified atom stereocenters. The molecule has 13 N–H and O–H groups in total. The fourth-order valence-corrected chi connectivity index (χ4v) is 5.92. The zero-order chi connectivity index (χ0) is 41.7. The van der Waals surface area contributed by atoms with Gasteiger partial charge in [0.1, 0.15) is 37.0 Å². The molecule has 1 saturated heterocycles. The van der Waals surface area contributed by atoms with E-state index >= 15 is 0 Å². The third kappa shape index (κ3) is 11.6. The molecule has 1 aliphatic rings. The van der Waals surface area contributed by atoms with E-state index in [2.05, 4.69) is 32.5 Å². The first-order valence-corrected chi connectivity index (χ1v) is 18.1. The molecule has 23 nitrogen and oxygen atoms in total. The number of unbranched alkanes of at least 4 members (excludes halogenated alkanes) is 1. The second kappa shape index (κ2) is 21.1. The van der Waals surface area contributed by atoms with Gasteiger partial charge < -0.3 is 52.0 Å². The van der Waals surface area contributed by atoms with Crippen molar-refractivity contribution in [2.45, 2.75) is 95.5 Å². The van der Waals surface area contributed by atoms with Crippen molar-refractivity contribution in [1.82, 2.24) is 45.4 Å². The van der Waals surface area contributed by atoms with Gasteiger partial charge in [-0.3, -0.25) is 38.9 Å². The van der Waals surface area contributed by atoms with Gasteiger partial charge in [-0.1, -0.05) is 19.9 Å². The second-order valence-electron chi connectivity index (χ2n) is 13.6. The maximum Gasteiger partial charge on any atom is 0.409 e. The Labute approximate surface area is 321 Å². The van der Waals surface area contributed by atoms with Gasteiger partial charge in [0.25, 0.3) is 5.56 Å². The summed E-state index contributed by atoms with van der Waals surface area (Å²) < 4.78 is 13.0. The summed E-state index contributed by atoms with van der Waals surface area (Å²) in [7, 11) is 1.39. The predicted molar refractivity (Wildman–Crippen MR) is 200 cm³/mol. The topological polar surface area (TPSA) is 346 Å². The Balaban J connectivity index is 1.57. The van der Waals surface area contributed by atoms with E-state index in [-0.39, 0.29) is 68.3 Å². The fraction of sp³-hybridized carbons (Fsp3) is 0.636. The molecule has 0 saturated carbocycles. The molecule has 5 amide bonds. The number of carbonyl (C=O) groups excluding carboxylic acids is 5. The summed E-state index contributed by atoms with van der Waals surface area (Å²) in [6.45, 7) is 6.69. The summed E-state index contributed by atoms with van der Waals surface area (Å²) in [5.74, 6) is 2.43. The van der Waals surface area contributed by atoms with Gasteiger partial charge in [0, 0.05) is 39.5 Å². The number of hydrazine groups is 1. The van der Waals surface area contributed by atoms with Gasteiger partial charge in [0.15, 0.2) is 17.4 Å². The molecule has 23 heteroatoms. The summed E-state index contributed by atoms with van der Waals surface area (Å²) in [5, 5.41) is 29.6. The maximum atomic E-state index is 13.3. The van der Waals surface area contributed by atoms with Gasteiger partial charge in [-0.2, -0.15) is 4.98 Å². The van der Waals surface area contributed by atoms with Gasteiger partial charge in [-0.15, -0.1) is 6.58 Å². The van der Waals surface area contributed by atoms with Crippen LogP contribution in [-0.4, -0.2) is 128 Å². The van der Waals surface area contributed by atoms with Crippen LogP contribution in [0.5, 0.6) is 0 Å². The summed E-state index contributed by atoms with van der Waals surface area (Å²) in [4.78, 5) is 96.5. The molecular formula is C33H54N12O11. The van der Waals surface area contributed by atoms with Crippen molar-refractivity contribution in [3.63, 3.8) is 0 Å². The van der Waals surface area contributed by atoms with Gasteiger partial charge in [0.2, 0.25) is 29.6 Å². The molecule has 2 aromatic rings. The van der Waals surface area contributed by atoms with E-state index in [1.807, 2.05) is 5.43 Å². The quantitative estimate of drug-likeness (QED) is 0.0192. The summed E-state index contributed by atoms with van der Waals surface area (Å²) in [5.41, 5.74) is 11.4. The average molecular weight is 795 g/mol. The number of likely N-dealkylation sites (N-methyl/N-ethyl adjacent to an activating group) is 1. The molecule has 1 aliphatic heterocycles. The zero-order valence-corrected chi connectivity index (χ0v) is 31.7. The lowest BCUT2D eigenvalue weighted by Crippen LogP contribution is -2.55. The normalized spacial score (nSPS) is 18.9. The van der Waals surface area contributed by atoms with Crippen molar-refractivity contribution in [3.8, 4) is 0 Å². The van der Waals surface area contributed by atoms with Crippen LogP contribution in [0.3, 0.4) is 0 Å². The number of ether oxygens (including phenoxy) is 2. The van der Waals surface area contributed by atoms with Gasteiger partial charge in [-0.25, -0.2) is 20.0 Å². The lowest BCUT2D eigenvalue weighted by molar-refractivity contribution is -0.133. The molecule has 0 aliphatic carbocycles. The molecule has 3 heterocycles. The number of nitrogens with two attached hydrogens (primary N) is 3. The van der Waals surface area contributed by atoms with Crippen LogP contribution in [0, 0.1) is 5.92 Å². The van der Waals surface area contributed by atoms with E-state index in [0.717, 1.165) is 14.0 Å². The van der Waals surface area contributed by atoms with E-state index in [1.165, 1.54) is 13.1 Å². The highest BCUT2D eigenvalue weighted by Crippen LogP contribution is 2.30. The van der Waals surface area contributed by atoms with E-state index in [0.29, 0.717) is 19.4 Å². The Morgan fingerprint density at radius 1 is 1.07 bits per heavy atom. The van der Waals surface area contributed by atoms with Crippen molar-refractivity contribution in [2.24, 2.45) is 17.5 Å². The van der Waals surface area contributed by atoms with Crippen molar-refractivity contribution in [1.29, 1.82) is 0 Å². The molecule has 0 bridgehead atoms. The monoisotopic (exact) mass is 794 g/mol. The number of imidazole rings is 1. The van der Waals surface area contributed by atoms with Crippen molar-refractivity contribution in [2.75, 3.05) is 39.0 Å². The van der Waals surface area contributed by atoms with Crippen molar-refractivity contribution >= 4 is 46.8 Å². The highest BCUT2D eigenvalue weighted by Gasteiger charge is 2.46. The molecular weight excluding hydrogens is 740 g/mol. The van der Waals surface area contributed by atoms with Crippen LogP contribution in [0.4, 0.5) is 10.7 Å². The fourth-order valence-electron chi connectivity index (χ4n) is 5.92. The SMILES string of the molecule is C=CCn1c(=O)n([C@H]2OC(COC(=O)N(C)CCNC(=O)[C@H](CCCCN)NC(=O)[C@@H](NC(=O)CCCC(=O)NN)C(C)C)[C@H](O)[C@@H]2O)c2nc(N)[nH]c(=O)c21. The zero-order valence-electron chi connectivity index (χ0n) is 31.7. The number of rotatable bonds is 21. The average Bonchev–Trinajstić information content (AvgIpc) is 3.58. The third-order valence-corrected chi connectivity index (χ3v) is 8.98. The van der Waals surface area contributed by atoms with Crippen LogP contribution < -0.4 is 49.9 Å². The number of aromatic amines is 1. The van der Waals surface area contributed by atoms with Crippen molar-refractivity contribution < 1.29 is 43.7 Å². The minimum absolute atomic E-state index is 0.0160. The Bertz CT molecular complexity index is 1830. The van der Waals surface area contributed by atoms with Crippen LogP contribution in [0.1, 0.15) is 58.6 Å². The number of hydrogen-bond donors (Lipinski definition) is 10. The Morgan fingerprint density at radius 2 is 1.77 bits per heavy atom. The number of anilines is 1. The standard InChI is InChI=1S/C33H54N12O11/c1-5-14-44-23-26(40-31(35)41-29(23)52)45(32(44)53)30-25(49)24(48)19(56-30)16-55-33(54)43(4)15-13-37-27(50)18(9-6-7-12-34)38-28(51)22(17(2)3)39-20(46)10-8-11-21(47)42-36/h5,17-19,22,24-25,30,48-49H,1,6-16,34,36H2,2-4H3,(H,37,50)(H,38,51)(H,39,46)(H,42,47)(H3,35,40,41,52)/t18-,19?,22-,24-,25-,30-/m0/s1. The molecule has 0 aromatic carbocycles. The largest absolute Gasteiger partial charge is 0.447 e. The maximum absolute atomic E-state index is 13.3. The summed E-state index contributed by atoms with van der Waals surface area (Å²) in [6.07, 6.45) is -4.06. The van der Waals surface area contributed by atoms with Crippen LogP contribution in [0.25, 0.3) is 11.2 Å². The van der Waals surface area contributed by atoms with Gasteiger partial charge in [0.05, 0.1) is 0 Å². The summed E-state index contributed by atoms with van der Waals surface area (Å²) >= 11 is 0. The summed E-state index contributed by atoms with van der Waals surface area (Å²) in [6, 6.07) is -1.95. The number of allylic oxidation sites excluding steroid dienone is 1. The Hall–Kier alpha value is -5.36. The van der Waals surface area contributed by atoms with Gasteiger partial charge >= 0.3 is 11.8 Å². The molecule has 56 heavy (non-hydrogen) atoms. The number of nitrogen functional groups attached to an aromatic ring is 1. The Morgan fingerprint density at radius 3 is 2.41 bits per heavy atom. The number of aliphatic hydroxyl groups excluding tert-OH is 2. The number of fused-ring (bicyclic) bond motifs is 1. The number of aromatic nitrogens is 4. The second-order valence-corrected chi connectivity index (χ2v) is 13.6. The first kappa shape index (κ1) is 45.0. The van der Waals surface area contributed by atoms with Gasteiger partial charge in [-0.05, 0) is 38.1 Å². The lowest BCUT2D eigenvalue weighted by Gasteiger charge is -2.26. The lowest BCUT2D eigenvalue weighted by atomic mass is 10.0. The molecule has 0 radical (unpaired) electrons. The third-order valence-electron chi connectivity index (χ3n) is 8.98. The molecule has 312 valence electrons. The van der Waals surface area contributed by atoms with E-state index < -0.39 is 84.2 Å². The highest BCUT2D eigenvalue weighted by atomic mass is 16.6. The number of aliphatic hydroxyl groups is 2. The van der Waals surface area contributed by atoms with Crippen LogP contribution in [0.2, 0.25) is 0 Å². The highest BCUT2D eigenvalue weighted by molar-refractivity contribution is 5.92. The van der Waals surface area contributed by atoms with E-state index in [4.69, 9.17) is 26.8 Å². The molecule has 6 atom stereocenters. The molecule has 1 fully saturated rings.